The van der Waals surface area contributed by atoms with Crippen LogP contribution in [0.4, 0.5) is 49.6 Å². The van der Waals surface area contributed by atoms with Gasteiger partial charge in [-0.1, -0.05) is 0 Å². The summed E-state index contributed by atoms with van der Waals surface area (Å²) in [6.07, 6.45) is 0.369. The van der Waals surface area contributed by atoms with Crippen molar-refractivity contribution >= 4 is 5.69 Å². The Balaban J connectivity index is 2.51. The predicted octanol–water partition coefficient (Wildman–Crippen LogP) is 5.71. The van der Waals surface area contributed by atoms with Crippen LogP contribution >= 0.6 is 0 Å². The number of nitro groups is 1. The van der Waals surface area contributed by atoms with Gasteiger partial charge in [-0.2, -0.15) is 0 Å². The molecule has 2 aromatic carbocycles. The van der Waals surface area contributed by atoms with Crippen LogP contribution in [0.2, 0.25) is 0 Å². The van der Waals surface area contributed by atoms with Crippen LogP contribution < -0.4 is 0 Å². The number of aromatic nitrogens is 1. The maximum Gasteiger partial charge on any atom is 0.303 e. The lowest BCUT2D eigenvalue weighted by Gasteiger charge is -2.12. The van der Waals surface area contributed by atoms with Gasteiger partial charge in [0.05, 0.1) is 21.6 Å². The Labute approximate surface area is 163 Å². The maximum absolute atomic E-state index is 14.1. The number of pyridine rings is 1. The Hall–Kier alpha value is -3.71. The van der Waals surface area contributed by atoms with Crippen molar-refractivity contribution in [3.63, 3.8) is 0 Å². The molecule has 1 heterocycles. The van der Waals surface area contributed by atoms with E-state index in [0.29, 0.717) is 12.3 Å². The fraction of sp³-hybridized carbons (Fsp3) is 0. The Bertz CT molecular complexity index is 1130. The molecule has 0 fully saturated rings. The molecule has 0 atom stereocenters. The van der Waals surface area contributed by atoms with Gasteiger partial charge in [-0.3, -0.25) is 10.1 Å². The number of hydrogen-bond donors (Lipinski definition) is 0. The molecule has 0 N–H and O–H groups in total. The second kappa shape index (κ2) is 7.52. The van der Waals surface area contributed by atoms with Gasteiger partial charge in [0.15, 0.2) is 52.2 Å². The predicted molar refractivity (Wildman–Crippen MR) is 81.3 cm³/mol. The highest BCUT2D eigenvalue weighted by molar-refractivity contribution is 5.84. The Morgan fingerprint density at radius 2 is 0.968 bits per heavy atom. The van der Waals surface area contributed by atoms with Crippen molar-refractivity contribution in [3.8, 4) is 22.4 Å². The molecule has 162 valence electrons. The summed E-state index contributed by atoms with van der Waals surface area (Å²) in [6.45, 7) is 0. The smallest absolute Gasteiger partial charge is 0.258 e. The molecule has 14 heteroatoms. The molecule has 3 aromatic rings. The van der Waals surface area contributed by atoms with E-state index in [9.17, 15) is 54.0 Å². The van der Waals surface area contributed by atoms with Gasteiger partial charge >= 0.3 is 5.69 Å². The van der Waals surface area contributed by atoms with Crippen molar-refractivity contribution in [3.05, 3.63) is 80.5 Å². The summed E-state index contributed by atoms with van der Waals surface area (Å²) in [4.78, 5) is 13.0. The second-order valence-corrected chi connectivity index (χ2v) is 5.70. The average molecular weight is 456 g/mol. The first-order valence-electron chi connectivity index (χ1n) is 7.58. The summed E-state index contributed by atoms with van der Waals surface area (Å²) in [7, 11) is 0. The van der Waals surface area contributed by atoms with E-state index in [1.165, 1.54) is 0 Å². The molecule has 0 unspecified atom stereocenters. The zero-order chi connectivity index (χ0) is 23.4. The molecule has 0 saturated heterocycles. The van der Waals surface area contributed by atoms with Gasteiger partial charge in [-0.25, -0.2) is 48.9 Å². The molecule has 31 heavy (non-hydrogen) atoms. The third-order valence-corrected chi connectivity index (χ3v) is 4.03. The quantitative estimate of drug-likeness (QED) is 0.167. The first kappa shape index (κ1) is 22.0. The third-order valence-electron chi connectivity index (χ3n) is 4.03. The maximum atomic E-state index is 14.1. The zero-order valence-electron chi connectivity index (χ0n) is 14.1. The second-order valence-electron chi connectivity index (χ2n) is 5.70. The summed E-state index contributed by atoms with van der Waals surface area (Å²) in [5.74, 6) is -25.5. The highest BCUT2D eigenvalue weighted by atomic mass is 19.2. The van der Waals surface area contributed by atoms with Gasteiger partial charge in [0.1, 0.15) is 0 Å². The number of nitrogens with zero attached hydrogens (tertiary/aromatic N) is 2. The minimum absolute atomic E-state index is 0.353. The fourth-order valence-corrected chi connectivity index (χ4v) is 2.68. The van der Waals surface area contributed by atoms with Crippen LogP contribution in [0.25, 0.3) is 22.4 Å². The zero-order valence-corrected chi connectivity index (χ0v) is 14.1. The van der Waals surface area contributed by atoms with Crippen LogP contribution in [0.3, 0.4) is 0 Å². The van der Waals surface area contributed by atoms with E-state index in [4.69, 9.17) is 0 Å². The summed E-state index contributed by atoms with van der Waals surface area (Å²) in [5.41, 5.74) is -8.65. The number of hydrogen-bond acceptors (Lipinski definition) is 3. The van der Waals surface area contributed by atoms with Crippen molar-refractivity contribution in [2.75, 3.05) is 0 Å². The van der Waals surface area contributed by atoms with Crippen molar-refractivity contribution in [2.45, 2.75) is 0 Å². The lowest BCUT2D eigenvalue weighted by molar-refractivity contribution is -0.383. The van der Waals surface area contributed by atoms with Crippen LogP contribution in [0, 0.1) is 68.3 Å². The van der Waals surface area contributed by atoms with E-state index in [-0.39, 0.29) is 0 Å². The molecule has 4 nitrogen and oxygen atoms in total. The molecule has 0 amide bonds. The van der Waals surface area contributed by atoms with Gasteiger partial charge in [0.2, 0.25) is 11.6 Å². The molecule has 0 aliphatic carbocycles. The van der Waals surface area contributed by atoms with Gasteiger partial charge in [-0.15, -0.1) is 0 Å². The molecular weight excluding hydrogens is 454 g/mol. The van der Waals surface area contributed by atoms with Crippen molar-refractivity contribution in [2.24, 2.45) is 0 Å². The van der Waals surface area contributed by atoms with Crippen molar-refractivity contribution < 1.29 is 48.8 Å². The number of rotatable bonds is 3. The fourth-order valence-electron chi connectivity index (χ4n) is 2.68. The molecule has 0 aliphatic rings. The Morgan fingerprint density at radius 3 is 1.35 bits per heavy atom. The number of halogens is 10. The minimum atomic E-state index is -2.61. The highest BCUT2D eigenvalue weighted by Gasteiger charge is 2.36. The van der Waals surface area contributed by atoms with Gasteiger partial charge in [0.25, 0.3) is 0 Å². The lowest BCUT2D eigenvalue weighted by Crippen LogP contribution is -2.09. The van der Waals surface area contributed by atoms with Crippen LogP contribution in [0.15, 0.2) is 12.3 Å². The lowest BCUT2D eigenvalue weighted by atomic mass is 9.98. The Kier molecular flexibility index (Phi) is 5.33. The van der Waals surface area contributed by atoms with E-state index in [1.54, 1.807) is 0 Å². The molecule has 0 aliphatic heterocycles. The van der Waals surface area contributed by atoms with Crippen LogP contribution in [0.1, 0.15) is 0 Å². The molecule has 3 rings (SSSR count). The van der Waals surface area contributed by atoms with Gasteiger partial charge < -0.3 is 0 Å². The molecular formula is C17H2F10N2O2. The largest absolute Gasteiger partial charge is 0.303 e. The summed E-state index contributed by atoms with van der Waals surface area (Å²) in [5, 5.41) is 11.5. The van der Waals surface area contributed by atoms with Crippen LogP contribution in [0.5, 0.6) is 0 Å². The summed E-state index contributed by atoms with van der Waals surface area (Å²) < 4.78 is 137. The summed E-state index contributed by atoms with van der Waals surface area (Å²) >= 11 is 0. The average Bonchev–Trinajstić information content (AvgIpc) is 2.73. The first-order chi connectivity index (χ1) is 14.4. The first-order valence-corrected chi connectivity index (χ1v) is 7.58. The topological polar surface area (TPSA) is 56.0 Å². The molecule has 0 spiro atoms. The monoisotopic (exact) mass is 456 g/mol. The standard InChI is InChI=1S/C17H2F10N2O2/c18-6-4(7(19)11(23)14(26)10(6)22)3-1-2-28-16(17(3)29(30)31)5-8(20)12(24)15(27)13(25)9(5)21/h1-2H. The van der Waals surface area contributed by atoms with Crippen LogP contribution in [-0.4, -0.2) is 9.91 Å². The van der Waals surface area contributed by atoms with Crippen molar-refractivity contribution in [1.29, 1.82) is 0 Å². The van der Waals surface area contributed by atoms with E-state index >= 15 is 0 Å². The normalized spacial score (nSPS) is 11.2. The van der Waals surface area contributed by atoms with Crippen molar-refractivity contribution in [1.82, 2.24) is 4.98 Å². The SMILES string of the molecule is O=[N+]([O-])c1c(-c2c(F)c(F)c(F)c(F)c2F)ccnc1-c1c(F)c(F)c(F)c(F)c1F. The third kappa shape index (κ3) is 3.14. The molecule has 0 radical (unpaired) electrons. The van der Waals surface area contributed by atoms with E-state index in [1.807, 2.05) is 0 Å². The highest BCUT2D eigenvalue weighted by Crippen LogP contribution is 2.43. The molecule has 0 saturated carbocycles. The van der Waals surface area contributed by atoms with Crippen LogP contribution in [-0.2, 0) is 0 Å². The van der Waals surface area contributed by atoms with E-state index < -0.39 is 91.2 Å². The van der Waals surface area contributed by atoms with Gasteiger partial charge in [0, 0.05) is 6.20 Å². The summed E-state index contributed by atoms with van der Waals surface area (Å²) in [6, 6.07) is 0.353. The molecule has 1 aromatic heterocycles. The molecule has 0 bridgehead atoms. The Morgan fingerprint density at radius 1 is 0.613 bits per heavy atom. The van der Waals surface area contributed by atoms with E-state index in [2.05, 4.69) is 4.98 Å². The number of benzene rings is 2. The minimum Gasteiger partial charge on any atom is -0.258 e. The van der Waals surface area contributed by atoms with Gasteiger partial charge in [-0.05, 0) is 6.07 Å². The van der Waals surface area contributed by atoms with E-state index in [0.717, 1.165) is 0 Å².